The Balaban J connectivity index is 2.01. The van der Waals surface area contributed by atoms with E-state index in [-0.39, 0.29) is 12.1 Å². The highest BCUT2D eigenvalue weighted by molar-refractivity contribution is 5.98. The summed E-state index contributed by atoms with van der Waals surface area (Å²) >= 11 is 0. The van der Waals surface area contributed by atoms with Crippen molar-refractivity contribution in [3.05, 3.63) is 71.4 Å². The van der Waals surface area contributed by atoms with Gasteiger partial charge in [0, 0.05) is 12.7 Å². The van der Waals surface area contributed by atoms with Crippen molar-refractivity contribution in [2.75, 3.05) is 19.0 Å². The van der Waals surface area contributed by atoms with Crippen LogP contribution in [0.4, 0.5) is 5.69 Å². The Morgan fingerprint density at radius 1 is 1.13 bits per heavy atom. The summed E-state index contributed by atoms with van der Waals surface area (Å²) in [4.78, 5) is 24.6. The second-order valence-electron chi connectivity index (χ2n) is 6.38. The number of benzene rings is 2. The van der Waals surface area contributed by atoms with E-state index in [2.05, 4.69) is 10.6 Å². The molecule has 0 bridgehead atoms. The van der Waals surface area contributed by atoms with Gasteiger partial charge in [0.15, 0.2) is 0 Å². The van der Waals surface area contributed by atoms with E-state index < -0.39 is 11.9 Å². The van der Waals surface area contributed by atoms with Gasteiger partial charge in [-0.05, 0) is 36.2 Å². The van der Waals surface area contributed by atoms with Gasteiger partial charge in [0.2, 0.25) is 0 Å². The number of para-hydroxylation sites is 1. The Labute approximate surface area is 176 Å². The minimum absolute atomic E-state index is 0.113. The van der Waals surface area contributed by atoms with Gasteiger partial charge < -0.3 is 20.1 Å². The van der Waals surface area contributed by atoms with Gasteiger partial charge in [0.05, 0.1) is 25.0 Å². The summed E-state index contributed by atoms with van der Waals surface area (Å²) in [6.45, 7) is 2.62. The number of carbonyl (C=O) groups is 2. The molecule has 7 heteroatoms. The maximum atomic E-state index is 12.3. The zero-order valence-electron chi connectivity index (χ0n) is 17.1. The number of hydrogen-bond donors (Lipinski definition) is 2. The minimum Gasteiger partial charge on any atom is -0.497 e. The minimum atomic E-state index is -0.524. The van der Waals surface area contributed by atoms with Crippen molar-refractivity contribution in [2.45, 2.75) is 26.3 Å². The average molecular weight is 407 g/mol. The van der Waals surface area contributed by atoms with Crippen molar-refractivity contribution >= 4 is 17.6 Å². The van der Waals surface area contributed by atoms with Crippen molar-refractivity contribution < 1.29 is 19.1 Å². The van der Waals surface area contributed by atoms with Crippen LogP contribution < -0.4 is 15.4 Å². The second-order valence-corrected chi connectivity index (χ2v) is 6.38. The van der Waals surface area contributed by atoms with Crippen molar-refractivity contribution in [3.8, 4) is 11.8 Å². The van der Waals surface area contributed by atoms with Crippen molar-refractivity contribution in [3.63, 3.8) is 0 Å². The molecular formula is C23H25N3O4. The van der Waals surface area contributed by atoms with Crippen molar-refractivity contribution in [1.29, 1.82) is 5.26 Å². The number of nitriles is 1. The molecule has 0 fully saturated rings. The van der Waals surface area contributed by atoms with E-state index >= 15 is 0 Å². The van der Waals surface area contributed by atoms with Crippen LogP contribution in [-0.2, 0) is 16.1 Å². The van der Waals surface area contributed by atoms with Crippen LogP contribution in [0.3, 0.4) is 0 Å². The number of amides is 1. The lowest BCUT2D eigenvalue weighted by molar-refractivity contribution is -0.117. The lowest BCUT2D eigenvalue weighted by Gasteiger charge is -2.10. The summed E-state index contributed by atoms with van der Waals surface area (Å²) in [7, 11) is 1.58. The largest absolute Gasteiger partial charge is 0.497 e. The molecule has 2 aromatic carbocycles. The fourth-order valence-electron chi connectivity index (χ4n) is 2.49. The molecule has 0 aliphatic rings. The molecule has 0 aromatic heterocycles. The Morgan fingerprint density at radius 2 is 1.87 bits per heavy atom. The van der Waals surface area contributed by atoms with Gasteiger partial charge in [-0.2, -0.15) is 5.26 Å². The van der Waals surface area contributed by atoms with Crippen LogP contribution in [0.2, 0.25) is 0 Å². The van der Waals surface area contributed by atoms with Crippen LogP contribution in [0.5, 0.6) is 5.75 Å². The van der Waals surface area contributed by atoms with E-state index in [9.17, 15) is 14.9 Å². The number of nitrogens with zero attached hydrogens (tertiary/aromatic N) is 1. The average Bonchev–Trinajstić information content (AvgIpc) is 2.78. The molecule has 30 heavy (non-hydrogen) atoms. The predicted molar refractivity (Wildman–Crippen MR) is 114 cm³/mol. The van der Waals surface area contributed by atoms with E-state index in [1.807, 2.05) is 25.1 Å². The van der Waals surface area contributed by atoms with Crippen LogP contribution >= 0.6 is 0 Å². The first-order chi connectivity index (χ1) is 14.6. The highest BCUT2D eigenvalue weighted by atomic mass is 16.5. The van der Waals surface area contributed by atoms with Crippen LogP contribution in [0, 0.1) is 11.3 Å². The first-order valence-electron chi connectivity index (χ1n) is 9.63. The highest BCUT2D eigenvalue weighted by Crippen LogP contribution is 2.17. The standard InChI is InChI=1S/C23H25N3O4/c1-3-4-13-30-23(28)20-7-5-6-8-21(20)25-16-18(14-24)22(27)26-15-17-9-11-19(29-2)12-10-17/h5-12,16,25H,3-4,13,15H2,1-2H3,(H,26,27)/b18-16-. The predicted octanol–water partition coefficient (Wildman–Crippen LogP) is 3.79. The number of methoxy groups -OCH3 is 1. The monoisotopic (exact) mass is 407 g/mol. The lowest BCUT2D eigenvalue weighted by Crippen LogP contribution is -2.24. The van der Waals surface area contributed by atoms with Gasteiger partial charge >= 0.3 is 5.97 Å². The molecule has 0 heterocycles. The number of esters is 1. The summed E-state index contributed by atoms with van der Waals surface area (Å²) in [6.07, 6.45) is 2.99. The van der Waals surface area contributed by atoms with Crippen LogP contribution in [0.1, 0.15) is 35.7 Å². The van der Waals surface area contributed by atoms with Crippen LogP contribution in [0.15, 0.2) is 60.3 Å². The van der Waals surface area contributed by atoms with E-state index in [0.717, 1.165) is 24.2 Å². The molecule has 0 aliphatic heterocycles. The Morgan fingerprint density at radius 3 is 2.53 bits per heavy atom. The molecular weight excluding hydrogens is 382 g/mol. The molecule has 0 unspecified atom stereocenters. The second kappa shape index (κ2) is 11.9. The molecule has 0 saturated heterocycles. The lowest BCUT2D eigenvalue weighted by atomic mass is 10.1. The summed E-state index contributed by atoms with van der Waals surface area (Å²) in [5.74, 6) is -0.259. The highest BCUT2D eigenvalue weighted by Gasteiger charge is 2.13. The maximum absolute atomic E-state index is 12.3. The van der Waals surface area contributed by atoms with Crippen molar-refractivity contribution in [2.24, 2.45) is 0 Å². The van der Waals surface area contributed by atoms with E-state index in [1.165, 1.54) is 6.20 Å². The van der Waals surface area contributed by atoms with Gasteiger partial charge in [-0.1, -0.05) is 37.6 Å². The summed E-state index contributed by atoms with van der Waals surface area (Å²) in [5.41, 5.74) is 1.54. The Bertz CT molecular complexity index is 930. The quantitative estimate of drug-likeness (QED) is 0.269. The SMILES string of the molecule is CCCCOC(=O)c1ccccc1N/C=C(/C#N)C(=O)NCc1ccc(OC)cc1. The van der Waals surface area contributed by atoms with Crippen LogP contribution in [-0.4, -0.2) is 25.6 Å². The fraction of sp³-hybridized carbons (Fsp3) is 0.261. The third-order valence-electron chi connectivity index (χ3n) is 4.23. The summed E-state index contributed by atoms with van der Waals surface area (Å²) in [6, 6.07) is 15.9. The molecule has 7 nitrogen and oxygen atoms in total. The molecule has 0 spiro atoms. The van der Waals surface area contributed by atoms with E-state index in [4.69, 9.17) is 9.47 Å². The summed E-state index contributed by atoms with van der Waals surface area (Å²) in [5, 5.41) is 14.9. The number of ether oxygens (including phenoxy) is 2. The molecule has 2 aromatic rings. The zero-order valence-corrected chi connectivity index (χ0v) is 17.1. The molecule has 156 valence electrons. The summed E-state index contributed by atoms with van der Waals surface area (Å²) < 4.78 is 10.3. The molecule has 1 amide bonds. The van der Waals surface area contributed by atoms with E-state index in [1.54, 1.807) is 43.5 Å². The van der Waals surface area contributed by atoms with Gasteiger partial charge in [-0.25, -0.2) is 4.79 Å². The van der Waals surface area contributed by atoms with Gasteiger partial charge in [0.25, 0.3) is 5.91 Å². The fourth-order valence-corrected chi connectivity index (χ4v) is 2.49. The smallest absolute Gasteiger partial charge is 0.340 e. The normalized spacial score (nSPS) is 10.6. The van der Waals surface area contributed by atoms with Gasteiger partial charge in [0.1, 0.15) is 17.4 Å². The number of rotatable bonds is 10. The zero-order chi connectivity index (χ0) is 21.8. The topological polar surface area (TPSA) is 100 Å². The molecule has 0 saturated carbocycles. The molecule has 2 N–H and O–H groups in total. The first kappa shape index (κ1) is 22.5. The van der Waals surface area contributed by atoms with E-state index in [0.29, 0.717) is 17.9 Å². The van der Waals surface area contributed by atoms with Gasteiger partial charge in [-0.3, -0.25) is 4.79 Å². The molecule has 0 aliphatic carbocycles. The number of nitrogens with one attached hydrogen (secondary N) is 2. The maximum Gasteiger partial charge on any atom is 0.340 e. The number of anilines is 1. The first-order valence-corrected chi connectivity index (χ1v) is 9.63. The Hall–Kier alpha value is -3.79. The van der Waals surface area contributed by atoms with Crippen molar-refractivity contribution in [1.82, 2.24) is 5.32 Å². The Kier molecular flexibility index (Phi) is 8.94. The molecule has 0 radical (unpaired) electrons. The number of hydrogen-bond acceptors (Lipinski definition) is 6. The molecule has 0 atom stereocenters. The third kappa shape index (κ3) is 6.67. The molecule has 2 rings (SSSR count). The van der Waals surface area contributed by atoms with Gasteiger partial charge in [-0.15, -0.1) is 0 Å². The number of unbranched alkanes of at least 4 members (excludes halogenated alkanes) is 1. The number of carbonyl (C=O) groups excluding carboxylic acids is 2. The third-order valence-corrected chi connectivity index (χ3v) is 4.23. The van der Waals surface area contributed by atoms with Crippen LogP contribution in [0.25, 0.3) is 0 Å².